The molecule has 0 aromatic carbocycles. The molecule has 0 saturated heterocycles. The number of hydrogen-bond acceptors (Lipinski definition) is 0. The second-order valence-electron chi connectivity index (χ2n) is 5.61. The van der Waals surface area contributed by atoms with Crippen molar-refractivity contribution in [1.29, 1.82) is 0 Å². The van der Waals surface area contributed by atoms with Gasteiger partial charge < -0.3 is 0 Å². The zero-order valence-electron chi connectivity index (χ0n) is 10.7. The smallest absolute Gasteiger partial charge is 0.0494 e. The van der Waals surface area contributed by atoms with Crippen LogP contribution < -0.4 is 0 Å². The van der Waals surface area contributed by atoms with Crippen LogP contribution in [-0.2, 0) is 0 Å². The molecule has 0 aromatic heterocycles. The summed E-state index contributed by atoms with van der Waals surface area (Å²) in [5, 5.41) is 0. The molecule has 0 spiro atoms. The van der Waals surface area contributed by atoms with Gasteiger partial charge in [-0.15, -0.1) is 0 Å². The molecule has 88 valence electrons. The van der Waals surface area contributed by atoms with Gasteiger partial charge in [0.1, 0.15) is 0 Å². The summed E-state index contributed by atoms with van der Waals surface area (Å²) < 4.78 is 0. The quantitative estimate of drug-likeness (QED) is 0.597. The molecule has 0 unspecified atom stereocenters. The van der Waals surface area contributed by atoms with Crippen LogP contribution in [0.2, 0.25) is 0 Å². The Morgan fingerprint density at radius 1 is 0.733 bits per heavy atom. The van der Waals surface area contributed by atoms with Crippen molar-refractivity contribution in [1.82, 2.24) is 0 Å². The molecule has 2 aliphatic rings. The van der Waals surface area contributed by atoms with Gasteiger partial charge in [-0.25, -0.2) is 0 Å². The first-order valence-corrected chi connectivity index (χ1v) is 9.49. The van der Waals surface area contributed by atoms with Gasteiger partial charge in [0.05, 0.1) is 23.6 Å². The molecule has 0 amide bonds. The van der Waals surface area contributed by atoms with Crippen LogP contribution in [0.4, 0.5) is 0 Å². The molecule has 1 heteroatoms. The number of rotatable bonds is 4. The third kappa shape index (κ3) is 2.12. The van der Waals surface area contributed by atoms with Crippen LogP contribution in [0.5, 0.6) is 0 Å². The standard InChI is InChI=1S/C14H28P/c1-3-15(4-2,13-9-5-6-10-13)14-11-7-8-12-14/h13-14H,3-12H2,1-2H3/q+1. The van der Waals surface area contributed by atoms with Gasteiger partial charge in [-0.2, -0.15) is 0 Å². The third-order valence-electron chi connectivity index (χ3n) is 5.28. The highest BCUT2D eigenvalue weighted by Gasteiger charge is 2.50. The first kappa shape index (κ1) is 11.9. The molecule has 15 heavy (non-hydrogen) atoms. The van der Waals surface area contributed by atoms with Gasteiger partial charge in [-0.3, -0.25) is 0 Å². The summed E-state index contributed by atoms with van der Waals surface area (Å²) in [4.78, 5) is 0. The zero-order chi connectivity index (χ0) is 10.7. The summed E-state index contributed by atoms with van der Waals surface area (Å²) in [7, 11) is -0.553. The highest BCUT2D eigenvalue weighted by molar-refractivity contribution is 7.77. The normalized spacial score (nSPS) is 25.2. The lowest BCUT2D eigenvalue weighted by molar-refractivity contribution is 0.801. The minimum Gasteiger partial charge on any atom is -0.0494 e. The second kappa shape index (κ2) is 5.17. The predicted octanol–water partition coefficient (Wildman–Crippen LogP) is 4.93. The Balaban J connectivity index is 2.13. The van der Waals surface area contributed by atoms with E-state index in [1.807, 2.05) is 0 Å². The minimum absolute atomic E-state index is 0.553. The van der Waals surface area contributed by atoms with Gasteiger partial charge in [0.2, 0.25) is 0 Å². The lowest BCUT2D eigenvalue weighted by Gasteiger charge is -2.36. The average Bonchev–Trinajstić information content (AvgIpc) is 2.92. The van der Waals surface area contributed by atoms with Crippen molar-refractivity contribution < 1.29 is 0 Å². The fourth-order valence-corrected chi connectivity index (χ4v) is 10.3. The van der Waals surface area contributed by atoms with E-state index in [2.05, 4.69) is 13.8 Å². The van der Waals surface area contributed by atoms with Gasteiger partial charge in [0, 0.05) is 7.26 Å². The fourth-order valence-electron chi connectivity index (χ4n) is 4.39. The van der Waals surface area contributed by atoms with Crippen LogP contribution in [0, 0.1) is 0 Å². The lowest BCUT2D eigenvalue weighted by atomic mass is 10.3. The van der Waals surface area contributed by atoms with E-state index in [4.69, 9.17) is 0 Å². The Morgan fingerprint density at radius 2 is 1.07 bits per heavy atom. The largest absolute Gasteiger partial charge is 0.0700 e. The molecule has 0 heterocycles. The van der Waals surface area contributed by atoms with Crippen molar-refractivity contribution in [2.45, 2.75) is 76.5 Å². The maximum Gasteiger partial charge on any atom is 0.0700 e. The minimum atomic E-state index is -0.553. The van der Waals surface area contributed by atoms with E-state index in [9.17, 15) is 0 Å². The molecule has 0 bridgehead atoms. The highest BCUT2D eigenvalue weighted by atomic mass is 31.2. The van der Waals surface area contributed by atoms with E-state index in [1.54, 1.807) is 63.7 Å². The molecule has 0 atom stereocenters. The maximum absolute atomic E-state index is 2.51. The Hall–Kier alpha value is 0.430. The Kier molecular flexibility index (Phi) is 4.10. The van der Waals surface area contributed by atoms with E-state index >= 15 is 0 Å². The van der Waals surface area contributed by atoms with Crippen molar-refractivity contribution in [3.8, 4) is 0 Å². The van der Waals surface area contributed by atoms with Crippen LogP contribution in [0.25, 0.3) is 0 Å². The maximum atomic E-state index is 2.51. The van der Waals surface area contributed by atoms with Crippen molar-refractivity contribution in [3.05, 3.63) is 0 Å². The summed E-state index contributed by atoms with van der Waals surface area (Å²) in [6.07, 6.45) is 15.6. The summed E-state index contributed by atoms with van der Waals surface area (Å²) in [6, 6.07) is 0. The number of hydrogen-bond donors (Lipinski definition) is 0. The fraction of sp³-hybridized carbons (Fsp3) is 1.00. The predicted molar refractivity (Wildman–Crippen MR) is 72.5 cm³/mol. The first-order chi connectivity index (χ1) is 7.33. The molecule has 0 N–H and O–H groups in total. The highest BCUT2D eigenvalue weighted by Crippen LogP contribution is 2.72. The van der Waals surface area contributed by atoms with Gasteiger partial charge in [-0.05, 0) is 65.2 Å². The Labute approximate surface area is 96.6 Å². The Morgan fingerprint density at radius 3 is 1.33 bits per heavy atom. The molecule has 0 nitrogen and oxygen atoms in total. The lowest BCUT2D eigenvalue weighted by Crippen LogP contribution is -2.24. The van der Waals surface area contributed by atoms with Gasteiger partial charge >= 0.3 is 0 Å². The van der Waals surface area contributed by atoms with Gasteiger partial charge in [0.15, 0.2) is 0 Å². The average molecular weight is 227 g/mol. The summed E-state index contributed by atoms with van der Waals surface area (Å²) in [6.45, 7) is 5.02. The molecule has 2 aliphatic carbocycles. The molecular formula is C14H28P+. The van der Waals surface area contributed by atoms with Crippen LogP contribution in [0.3, 0.4) is 0 Å². The van der Waals surface area contributed by atoms with Crippen molar-refractivity contribution >= 4 is 7.26 Å². The van der Waals surface area contributed by atoms with E-state index in [0.29, 0.717) is 0 Å². The van der Waals surface area contributed by atoms with Crippen LogP contribution in [0.15, 0.2) is 0 Å². The van der Waals surface area contributed by atoms with Crippen LogP contribution in [0.1, 0.15) is 65.2 Å². The molecule has 0 aliphatic heterocycles. The molecule has 0 radical (unpaired) electrons. The first-order valence-electron chi connectivity index (χ1n) is 7.20. The SMILES string of the molecule is CC[P+](CC)(C1CCCC1)C1CCCC1. The second-order valence-corrected chi connectivity index (χ2v) is 10.5. The van der Waals surface area contributed by atoms with Crippen molar-refractivity contribution in [3.63, 3.8) is 0 Å². The van der Waals surface area contributed by atoms with Crippen LogP contribution >= 0.6 is 7.26 Å². The zero-order valence-corrected chi connectivity index (χ0v) is 11.6. The molecule has 2 saturated carbocycles. The molecule has 0 aromatic rings. The van der Waals surface area contributed by atoms with E-state index in [-0.39, 0.29) is 0 Å². The summed E-state index contributed by atoms with van der Waals surface area (Å²) >= 11 is 0. The van der Waals surface area contributed by atoms with E-state index in [0.717, 1.165) is 0 Å². The third-order valence-corrected chi connectivity index (χ3v) is 11.6. The summed E-state index contributed by atoms with van der Waals surface area (Å²) in [5.41, 5.74) is 2.38. The van der Waals surface area contributed by atoms with Crippen molar-refractivity contribution in [2.75, 3.05) is 12.3 Å². The topological polar surface area (TPSA) is 0 Å². The van der Waals surface area contributed by atoms with Gasteiger partial charge in [-0.1, -0.05) is 0 Å². The Bertz CT molecular complexity index is 166. The van der Waals surface area contributed by atoms with E-state index < -0.39 is 7.26 Å². The molecule has 2 fully saturated rings. The summed E-state index contributed by atoms with van der Waals surface area (Å²) in [5.74, 6) is 0. The van der Waals surface area contributed by atoms with Gasteiger partial charge in [0.25, 0.3) is 0 Å². The molecule has 2 rings (SSSR count). The molecular weight excluding hydrogens is 199 g/mol. The van der Waals surface area contributed by atoms with Crippen LogP contribution in [-0.4, -0.2) is 23.6 Å². The van der Waals surface area contributed by atoms with Crippen molar-refractivity contribution in [2.24, 2.45) is 0 Å². The van der Waals surface area contributed by atoms with E-state index in [1.165, 1.54) is 11.3 Å². The monoisotopic (exact) mass is 227 g/mol.